The van der Waals surface area contributed by atoms with Gasteiger partial charge in [0.2, 0.25) is 15.9 Å². The molecule has 3 rings (SSSR count). The Morgan fingerprint density at radius 2 is 2.22 bits per heavy atom. The van der Waals surface area contributed by atoms with Gasteiger partial charge in [-0.15, -0.1) is 0 Å². The molecule has 1 aromatic rings. The smallest absolute Gasteiger partial charge is 0.414 e. The summed E-state index contributed by atoms with van der Waals surface area (Å²) in [6.07, 6.45) is -0.0718. The lowest BCUT2D eigenvalue weighted by atomic mass is 9.94. The minimum atomic E-state index is -3.29. The summed E-state index contributed by atoms with van der Waals surface area (Å²) in [5.74, 6) is -0.927. The van der Waals surface area contributed by atoms with Crippen LogP contribution in [0.25, 0.3) is 0 Å². The fourth-order valence-corrected chi connectivity index (χ4v) is 4.44. The second-order valence-electron chi connectivity index (χ2n) is 6.77. The van der Waals surface area contributed by atoms with E-state index in [9.17, 15) is 22.4 Å². The summed E-state index contributed by atoms with van der Waals surface area (Å²) in [4.78, 5) is 24.3. The van der Waals surface area contributed by atoms with Gasteiger partial charge in [-0.05, 0) is 30.5 Å². The number of nitrogens with zero attached hydrogens (tertiary/aromatic N) is 1. The van der Waals surface area contributed by atoms with Crippen molar-refractivity contribution in [2.75, 3.05) is 30.3 Å². The number of ether oxygens (including phenoxy) is 1. The Morgan fingerprint density at radius 1 is 1.44 bits per heavy atom. The molecule has 148 valence electrons. The molecule has 2 heterocycles. The van der Waals surface area contributed by atoms with Crippen molar-refractivity contribution in [3.05, 3.63) is 29.6 Å². The van der Waals surface area contributed by atoms with Crippen molar-refractivity contribution < 1.29 is 27.1 Å². The number of carbonyl (C=O) groups is 2. The molecule has 27 heavy (non-hydrogen) atoms. The fourth-order valence-electron chi connectivity index (χ4n) is 3.30. The van der Waals surface area contributed by atoms with Crippen molar-refractivity contribution in [1.29, 1.82) is 0 Å². The zero-order valence-corrected chi connectivity index (χ0v) is 15.7. The molecular weight excluding hydrogens is 377 g/mol. The Hall–Kier alpha value is -2.20. The summed E-state index contributed by atoms with van der Waals surface area (Å²) in [6, 6.07) is 4.47. The van der Waals surface area contributed by atoms with Crippen molar-refractivity contribution in [3.8, 4) is 0 Å². The number of hydrogen-bond acceptors (Lipinski definition) is 5. The summed E-state index contributed by atoms with van der Waals surface area (Å²) in [6.45, 7) is 1.93. The molecule has 1 aromatic carbocycles. The van der Waals surface area contributed by atoms with E-state index in [0.717, 1.165) is 0 Å². The molecule has 0 aliphatic carbocycles. The highest BCUT2D eigenvalue weighted by Crippen LogP contribution is 2.30. The number of benzene rings is 1. The number of sulfonamides is 1. The van der Waals surface area contributed by atoms with E-state index in [2.05, 4.69) is 10.0 Å². The third-order valence-electron chi connectivity index (χ3n) is 4.70. The second-order valence-corrected chi connectivity index (χ2v) is 8.69. The average Bonchev–Trinajstić information content (AvgIpc) is 2.87. The maximum atomic E-state index is 14.7. The lowest BCUT2D eigenvalue weighted by Crippen LogP contribution is -2.33. The molecule has 10 heteroatoms. The Labute approximate surface area is 157 Å². The molecule has 2 N–H and O–H groups in total. The third-order valence-corrected chi connectivity index (χ3v) is 6.14. The Kier molecular flexibility index (Phi) is 5.66. The molecule has 0 spiro atoms. The van der Waals surface area contributed by atoms with Crippen LogP contribution in [0.15, 0.2) is 18.2 Å². The fraction of sp³-hybridized carbons (Fsp3) is 0.529. The second kappa shape index (κ2) is 7.81. The van der Waals surface area contributed by atoms with Crippen molar-refractivity contribution >= 4 is 27.7 Å². The van der Waals surface area contributed by atoms with Crippen LogP contribution in [0.2, 0.25) is 0 Å². The maximum Gasteiger partial charge on any atom is 0.414 e. The van der Waals surface area contributed by atoms with Crippen molar-refractivity contribution in [2.45, 2.75) is 31.8 Å². The van der Waals surface area contributed by atoms with E-state index in [-0.39, 0.29) is 37.2 Å². The number of amides is 2. The van der Waals surface area contributed by atoms with Crippen LogP contribution in [0.4, 0.5) is 14.9 Å². The molecular formula is C17H22FN3O5S. The van der Waals surface area contributed by atoms with Crippen molar-refractivity contribution in [3.63, 3.8) is 0 Å². The van der Waals surface area contributed by atoms with Gasteiger partial charge in [0.05, 0.1) is 24.5 Å². The molecule has 2 aliphatic rings. The number of rotatable bonds is 4. The largest absolute Gasteiger partial charge is 0.442 e. The Morgan fingerprint density at radius 3 is 2.93 bits per heavy atom. The van der Waals surface area contributed by atoms with Crippen LogP contribution in [-0.4, -0.2) is 51.9 Å². The number of carbonyl (C=O) groups excluding carboxylic acids is 2. The van der Waals surface area contributed by atoms with Gasteiger partial charge in [0.25, 0.3) is 0 Å². The van der Waals surface area contributed by atoms with E-state index in [1.165, 1.54) is 17.9 Å². The minimum absolute atomic E-state index is 0.0402. The summed E-state index contributed by atoms with van der Waals surface area (Å²) in [7, 11) is -3.29. The minimum Gasteiger partial charge on any atom is -0.442 e. The first-order valence-electron chi connectivity index (χ1n) is 8.74. The van der Waals surface area contributed by atoms with Gasteiger partial charge in [-0.3, -0.25) is 9.69 Å². The highest BCUT2D eigenvalue weighted by molar-refractivity contribution is 7.89. The first-order valence-corrected chi connectivity index (χ1v) is 10.4. The molecule has 2 unspecified atom stereocenters. The van der Waals surface area contributed by atoms with Crippen LogP contribution in [0.3, 0.4) is 0 Å². The number of nitrogens with one attached hydrogen (secondary N) is 2. The molecule has 2 fully saturated rings. The lowest BCUT2D eigenvalue weighted by Gasteiger charge is -2.18. The topological polar surface area (TPSA) is 105 Å². The lowest BCUT2D eigenvalue weighted by molar-refractivity contribution is -0.119. The number of hydrogen-bond donors (Lipinski definition) is 2. The predicted molar refractivity (Wildman–Crippen MR) is 96.5 cm³/mol. The van der Waals surface area contributed by atoms with Crippen molar-refractivity contribution in [2.24, 2.45) is 0 Å². The third kappa shape index (κ3) is 4.75. The number of anilines is 1. The van der Waals surface area contributed by atoms with Gasteiger partial charge in [-0.1, -0.05) is 6.07 Å². The van der Waals surface area contributed by atoms with Gasteiger partial charge in [-0.25, -0.2) is 22.3 Å². The van der Waals surface area contributed by atoms with Crippen LogP contribution in [0.1, 0.15) is 31.2 Å². The SMILES string of the molecule is CC(=O)NCC1CN(c2ccc(C3CCCS(=O)(=O)NC3)c(F)c2)C(=O)O1. The van der Waals surface area contributed by atoms with Crippen LogP contribution in [0, 0.1) is 5.82 Å². The van der Waals surface area contributed by atoms with E-state index >= 15 is 0 Å². The molecule has 2 atom stereocenters. The molecule has 0 bridgehead atoms. The van der Waals surface area contributed by atoms with E-state index in [1.807, 2.05) is 0 Å². The molecule has 0 saturated carbocycles. The summed E-state index contributed by atoms with van der Waals surface area (Å²) < 4.78 is 45.6. The normalized spacial score (nSPS) is 25.0. The highest BCUT2D eigenvalue weighted by atomic mass is 32.2. The molecule has 0 aromatic heterocycles. The monoisotopic (exact) mass is 399 g/mol. The quantitative estimate of drug-likeness (QED) is 0.788. The maximum absolute atomic E-state index is 14.7. The van der Waals surface area contributed by atoms with Gasteiger partial charge < -0.3 is 10.1 Å². The van der Waals surface area contributed by atoms with Gasteiger partial charge in [-0.2, -0.15) is 0 Å². The van der Waals surface area contributed by atoms with E-state index in [1.54, 1.807) is 12.1 Å². The Balaban J connectivity index is 1.71. The summed E-state index contributed by atoms with van der Waals surface area (Å²) in [5.41, 5.74) is 0.784. The zero-order chi connectivity index (χ0) is 19.6. The zero-order valence-electron chi connectivity index (χ0n) is 14.9. The molecule has 0 radical (unpaired) electrons. The van der Waals surface area contributed by atoms with Gasteiger partial charge >= 0.3 is 6.09 Å². The van der Waals surface area contributed by atoms with Crippen molar-refractivity contribution in [1.82, 2.24) is 10.0 Å². The highest BCUT2D eigenvalue weighted by Gasteiger charge is 2.33. The van der Waals surface area contributed by atoms with Crippen LogP contribution >= 0.6 is 0 Å². The van der Waals surface area contributed by atoms with Crippen LogP contribution in [0.5, 0.6) is 0 Å². The predicted octanol–water partition coefficient (Wildman–Crippen LogP) is 1.08. The van der Waals surface area contributed by atoms with Gasteiger partial charge in [0.15, 0.2) is 0 Å². The van der Waals surface area contributed by atoms with Gasteiger partial charge in [0.1, 0.15) is 11.9 Å². The first-order chi connectivity index (χ1) is 12.7. The standard InChI is InChI=1S/C17H22FN3O5S/c1-11(22)19-9-14-10-21(17(23)26-14)13-4-5-15(16(18)7-13)12-3-2-6-27(24,25)20-8-12/h4-5,7,12,14,20H,2-3,6,8-10H2,1H3,(H,19,22). The van der Waals surface area contributed by atoms with Gasteiger partial charge in [0, 0.05) is 19.4 Å². The van der Waals surface area contributed by atoms with E-state index in [0.29, 0.717) is 24.1 Å². The number of cyclic esters (lactones) is 1. The molecule has 2 amide bonds. The van der Waals surface area contributed by atoms with Crippen LogP contribution in [-0.2, 0) is 19.6 Å². The average molecular weight is 399 g/mol. The molecule has 2 aliphatic heterocycles. The van der Waals surface area contributed by atoms with E-state index < -0.39 is 28.0 Å². The Bertz CT molecular complexity index is 845. The summed E-state index contributed by atoms with van der Waals surface area (Å²) >= 11 is 0. The molecule has 2 saturated heterocycles. The summed E-state index contributed by atoms with van der Waals surface area (Å²) in [5, 5.41) is 2.58. The molecule has 8 nitrogen and oxygen atoms in total. The first kappa shape index (κ1) is 19.6. The van der Waals surface area contributed by atoms with E-state index in [4.69, 9.17) is 4.74 Å². The number of halogens is 1. The van der Waals surface area contributed by atoms with Crippen LogP contribution < -0.4 is 14.9 Å².